The van der Waals surface area contributed by atoms with Crippen LogP contribution < -0.4 is 0 Å². The molecule has 0 aromatic rings. The highest BCUT2D eigenvalue weighted by Gasteiger charge is 2.42. The van der Waals surface area contributed by atoms with Crippen LogP contribution in [0.3, 0.4) is 0 Å². The van der Waals surface area contributed by atoms with E-state index in [-0.39, 0.29) is 30.5 Å². The molecule has 2 unspecified atom stereocenters. The third kappa shape index (κ3) is 1.03. The zero-order chi connectivity index (χ0) is 8.72. The summed E-state index contributed by atoms with van der Waals surface area (Å²) in [6, 6.07) is 0. The molecule has 64 valence electrons. The van der Waals surface area contributed by atoms with Gasteiger partial charge in [-0.05, 0) is 6.42 Å². The van der Waals surface area contributed by atoms with Crippen molar-refractivity contribution in [3.05, 3.63) is 0 Å². The Balaban J connectivity index is 2.23. The second-order valence-corrected chi connectivity index (χ2v) is 3.32. The Bertz CT molecular complexity index is 244. The predicted molar refractivity (Wildman–Crippen MR) is 36.9 cm³/mol. The molecule has 2 fully saturated rings. The molecule has 1 saturated carbocycles. The SMILES string of the molecule is O=C1CC2CC(C1)C(=O)OC2=O. The monoisotopic (exact) mass is 168 g/mol. The molecular weight excluding hydrogens is 160 g/mol. The fraction of sp³-hybridized carbons (Fsp3) is 0.625. The van der Waals surface area contributed by atoms with Crippen LogP contribution in [0.15, 0.2) is 0 Å². The van der Waals surface area contributed by atoms with Crippen molar-refractivity contribution in [3.63, 3.8) is 0 Å². The molecule has 2 rings (SSSR count). The van der Waals surface area contributed by atoms with Crippen LogP contribution >= 0.6 is 0 Å². The van der Waals surface area contributed by atoms with Crippen LogP contribution in [0.5, 0.6) is 0 Å². The van der Waals surface area contributed by atoms with Crippen molar-refractivity contribution in [2.45, 2.75) is 19.3 Å². The van der Waals surface area contributed by atoms with Crippen LogP contribution in [0.1, 0.15) is 19.3 Å². The van der Waals surface area contributed by atoms with Crippen LogP contribution in [0.25, 0.3) is 0 Å². The average Bonchev–Trinajstić information content (AvgIpc) is 2.01. The molecule has 4 nitrogen and oxygen atoms in total. The van der Waals surface area contributed by atoms with Gasteiger partial charge in [-0.15, -0.1) is 0 Å². The van der Waals surface area contributed by atoms with E-state index in [9.17, 15) is 14.4 Å². The van der Waals surface area contributed by atoms with Gasteiger partial charge in [0.2, 0.25) is 0 Å². The molecule has 2 atom stereocenters. The normalized spacial score (nSPS) is 34.8. The number of fused-ring (bicyclic) bond motifs is 2. The number of hydrogen-bond acceptors (Lipinski definition) is 4. The van der Waals surface area contributed by atoms with Crippen molar-refractivity contribution < 1.29 is 19.1 Å². The highest BCUT2D eigenvalue weighted by molar-refractivity contribution is 5.98. The highest BCUT2D eigenvalue weighted by atomic mass is 16.6. The summed E-state index contributed by atoms with van der Waals surface area (Å²) in [4.78, 5) is 32.9. The number of carbonyl (C=O) groups is 3. The van der Waals surface area contributed by atoms with Gasteiger partial charge in [-0.1, -0.05) is 0 Å². The highest BCUT2D eigenvalue weighted by Crippen LogP contribution is 2.32. The smallest absolute Gasteiger partial charge is 0.317 e. The lowest BCUT2D eigenvalue weighted by atomic mass is 9.79. The quantitative estimate of drug-likeness (QED) is 0.379. The number of hydrogen-bond donors (Lipinski definition) is 0. The Kier molecular flexibility index (Phi) is 1.49. The minimum absolute atomic E-state index is 0.00116. The van der Waals surface area contributed by atoms with Gasteiger partial charge in [0, 0.05) is 12.8 Å². The van der Waals surface area contributed by atoms with E-state index >= 15 is 0 Å². The third-order valence-corrected chi connectivity index (χ3v) is 2.39. The van der Waals surface area contributed by atoms with Gasteiger partial charge in [0.25, 0.3) is 0 Å². The molecule has 1 saturated heterocycles. The Hall–Kier alpha value is -1.19. The minimum atomic E-state index is -0.524. The van der Waals surface area contributed by atoms with Crippen molar-refractivity contribution in [3.8, 4) is 0 Å². The summed E-state index contributed by atoms with van der Waals surface area (Å²) in [5.41, 5.74) is 0. The lowest BCUT2D eigenvalue weighted by Gasteiger charge is -2.29. The van der Waals surface area contributed by atoms with E-state index in [1.165, 1.54) is 0 Å². The van der Waals surface area contributed by atoms with E-state index in [4.69, 9.17) is 0 Å². The van der Waals surface area contributed by atoms with E-state index in [0.717, 1.165) is 0 Å². The number of ketones is 1. The van der Waals surface area contributed by atoms with Crippen molar-refractivity contribution in [2.24, 2.45) is 11.8 Å². The summed E-state index contributed by atoms with van der Waals surface area (Å²) in [7, 11) is 0. The molecule has 0 N–H and O–H groups in total. The summed E-state index contributed by atoms with van der Waals surface area (Å²) in [6.45, 7) is 0. The summed E-state index contributed by atoms with van der Waals surface area (Å²) in [5, 5.41) is 0. The first-order valence-electron chi connectivity index (χ1n) is 3.94. The number of carbonyl (C=O) groups excluding carboxylic acids is 3. The third-order valence-electron chi connectivity index (χ3n) is 2.39. The van der Waals surface area contributed by atoms with Gasteiger partial charge in [0.15, 0.2) is 0 Å². The van der Waals surface area contributed by atoms with Gasteiger partial charge in [0.1, 0.15) is 5.78 Å². The summed E-state index contributed by atoms with van der Waals surface area (Å²) in [6.07, 6.45) is 1.01. The first kappa shape index (κ1) is 7.46. The fourth-order valence-electron chi connectivity index (χ4n) is 1.77. The molecule has 0 aromatic heterocycles. The number of rotatable bonds is 0. The molecule has 2 aliphatic rings. The zero-order valence-corrected chi connectivity index (χ0v) is 6.41. The molecule has 0 amide bonds. The predicted octanol–water partition coefficient (Wildman–Crippen LogP) is 0.0552. The molecular formula is C8H8O4. The summed E-state index contributed by atoms with van der Waals surface area (Å²) < 4.78 is 4.47. The maximum atomic E-state index is 11.0. The summed E-state index contributed by atoms with van der Waals surface area (Å²) in [5.74, 6) is -1.75. The van der Waals surface area contributed by atoms with Crippen molar-refractivity contribution in [1.29, 1.82) is 0 Å². The Morgan fingerprint density at radius 2 is 1.50 bits per heavy atom. The molecule has 12 heavy (non-hydrogen) atoms. The molecule has 4 heteroatoms. The van der Waals surface area contributed by atoms with Gasteiger partial charge in [-0.3, -0.25) is 14.4 Å². The van der Waals surface area contributed by atoms with Crippen LogP contribution in [0.4, 0.5) is 0 Å². The summed E-state index contributed by atoms with van der Waals surface area (Å²) >= 11 is 0. The van der Waals surface area contributed by atoms with E-state index in [2.05, 4.69) is 4.74 Å². The van der Waals surface area contributed by atoms with Crippen LogP contribution in [0, 0.1) is 11.8 Å². The first-order valence-corrected chi connectivity index (χ1v) is 3.94. The number of ether oxygens (including phenoxy) is 1. The maximum absolute atomic E-state index is 11.0. The lowest BCUT2D eigenvalue weighted by molar-refractivity contribution is -0.175. The van der Waals surface area contributed by atoms with Crippen LogP contribution in [-0.4, -0.2) is 17.7 Å². The van der Waals surface area contributed by atoms with E-state index in [0.29, 0.717) is 6.42 Å². The van der Waals surface area contributed by atoms with Gasteiger partial charge < -0.3 is 4.74 Å². The van der Waals surface area contributed by atoms with E-state index < -0.39 is 11.9 Å². The Labute approximate surface area is 68.9 Å². The molecule has 1 heterocycles. The van der Waals surface area contributed by atoms with Gasteiger partial charge in [-0.2, -0.15) is 0 Å². The molecule has 0 aromatic carbocycles. The van der Waals surface area contributed by atoms with Gasteiger partial charge in [0.05, 0.1) is 11.8 Å². The number of esters is 2. The van der Waals surface area contributed by atoms with Crippen molar-refractivity contribution >= 4 is 17.7 Å². The standard InChI is InChI=1S/C8H8O4/c9-6-2-4-1-5(3-6)8(11)12-7(4)10/h4-5H,1-3H2. The second kappa shape index (κ2) is 2.40. The average molecular weight is 168 g/mol. The topological polar surface area (TPSA) is 60.4 Å². The second-order valence-electron chi connectivity index (χ2n) is 3.32. The van der Waals surface area contributed by atoms with Crippen molar-refractivity contribution in [2.75, 3.05) is 0 Å². The lowest BCUT2D eigenvalue weighted by Crippen LogP contribution is -2.40. The molecule has 0 radical (unpaired) electrons. The van der Waals surface area contributed by atoms with E-state index in [1.54, 1.807) is 0 Å². The van der Waals surface area contributed by atoms with Crippen LogP contribution in [-0.2, 0) is 19.1 Å². The number of cyclic esters (lactones) is 2. The Morgan fingerprint density at radius 1 is 1.00 bits per heavy atom. The minimum Gasteiger partial charge on any atom is -0.393 e. The van der Waals surface area contributed by atoms with E-state index in [1.807, 2.05) is 0 Å². The fourth-order valence-corrected chi connectivity index (χ4v) is 1.77. The van der Waals surface area contributed by atoms with Crippen molar-refractivity contribution in [1.82, 2.24) is 0 Å². The van der Waals surface area contributed by atoms with Gasteiger partial charge >= 0.3 is 11.9 Å². The number of Topliss-reactive ketones (excluding diaryl/α,β-unsaturated/α-hetero) is 1. The van der Waals surface area contributed by atoms with Gasteiger partial charge in [-0.25, -0.2) is 0 Å². The molecule has 0 spiro atoms. The van der Waals surface area contributed by atoms with Crippen LogP contribution in [0.2, 0.25) is 0 Å². The zero-order valence-electron chi connectivity index (χ0n) is 6.41. The first-order chi connectivity index (χ1) is 5.66. The Morgan fingerprint density at radius 3 is 2.00 bits per heavy atom. The maximum Gasteiger partial charge on any atom is 0.317 e. The largest absolute Gasteiger partial charge is 0.393 e. The molecule has 1 aliphatic heterocycles. The molecule has 1 aliphatic carbocycles. The molecule has 2 bridgehead atoms.